The molecule has 0 unspecified atom stereocenters. The van der Waals surface area contributed by atoms with Gasteiger partial charge in [0.2, 0.25) is 0 Å². The van der Waals surface area contributed by atoms with Crippen LogP contribution >= 0.6 is 11.3 Å². The molecule has 1 spiro atoms. The summed E-state index contributed by atoms with van der Waals surface area (Å²) < 4.78 is 0. The summed E-state index contributed by atoms with van der Waals surface area (Å²) in [7, 11) is 0. The van der Waals surface area contributed by atoms with Crippen molar-refractivity contribution in [2.75, 3.05) is 5.73 Å². The number of allylic oxidation sites excluding steroid dienone is 4. The molecule has 2 heteroatoms. The second-order valence-corrected chi connectivity index (χ2v) is 9.63. The lowest BCUT2D eigenvalue weighted by atomic mass is 9.69. The predicted molar refractivity (Wildman–Crippen MR) is 138 cm³/mol. The molecule has 0 amide bonds. The topological polar surface area (TPSA) is 26.0 Å². The Morgan fingerprint density at radius 2 is 1.52 bits per heavy atom. The third-order valence-electron chi connectivity index (χ3n) is 6.49. The normalized spacial score (nSPS) is 15.3. The Morgan fingerprint density at radius 3 is 2.03 bits per heavy atom. The van der Waals surface area contributed by atoms with Crippen LogP contribution in [0.3, 0.4) is 0 Å². The van der Waals surface area contributed by atoms with Gasteiger partial charge in [0.1, 0.15) is 0 Å². The van der Waals surface area contributed by atoms with Gasteiger partial charge in [-0.05, 0) is 52.7 Å². The molecule has 0 atom stereocenters. The molecule has 0 bridgehead atoms. The quantitative estimate of drug-likeness (QED) is 0.446. The molecule has 2 aromatic carbocycles. The van der Waals surface area contributed by atoms with E-state index in [1.807, 2.05) is 25.2 Å². The summed E-state index contributed by atoms with van der Waals surface area (Å²) in [5.41, 5.74) is 17.1. The Morgan fingerprint density at radius 1 is 0.968 bits per heavy atom. The molecule has 0 saturated heterocycles. The maximum absolute atomic E-state index is 6.84. The van der Waals surface area contributed by atoms with Gasteiger partial charge in [-0.25, -0.2) is 0 Å². The van der Waals surface area contributed by atoms with E-state index in [9.17, 15) is 0 Å². The van der Waals surface area contributed by atoms with Crippen molar-refractivity contribution in [2.45, 2.75) is 53.4 Å². The molecule has 2 aliphatic rings. The average Bonchev–Trinajstić information content (AvgIpc) is 3.36. The van der Waals surface area contributed by atoms with E-state index in [-0.39, 0.29) is 5.41 Å². The highest BCUT2D eigenvalue weighted by atomic mass is 32.1. The first kappa shape index (κ1) is 21.6. The molecule has 0 fully saturated rings. The van der Waals surface area contributed by atoms with Gasteiger partial charge >= 0.3 is 0 Å². The fourth-order valence-corrected chi connectivity index (χ4v) is 6.74. The van der Waals surface area contributed by atoms with Gasteiger partial charge < -0.3 is 5.73 Å². The highest BCUT2D eigenvalue weighted by molar-refractivity contribution is 7.14. The standard InChI is InChI=1S/C27H27NS.C2H6/c1-5-6-13-22-23(16(2)3)26-24(25(28)17(4)29-26)27(22)20-14-9-7-11-18(20)19-12-8-10-15-21(19)27;1-2/h6-16H,5,28H2,1-4H3;1-2H3/b13-6-;. The molecule has 0 saturated carbocycles. The van der Waals surface area contributed by atoms with Crippen LogP contribution in [-0.2, 0) is 5.41 Å². The van der Waals surface area contributed by atoms with Crippen LogP contribution in [-0.4, -0.2) is 0 Å². The van der Waals surface area contributed by atoms with Crippen LogP contribution in [0.5, 0.6) is 0 Å². The number of hydrogen-bond donors (Lipinski definition) is 1. The second kappa shape index (κ2) is 8.16. The van der Waals surface area contributed by atoms with Crippen LogP contribution in [0.4, 0.5) is 5.69 Å². The van der Waals surface area contributed by atoms with Crippen LogP contribution in [0.1, 0.15) is 67.5 Å². The summed E-state index contributed by atoms with van der Waals surface area (Å²) >= 11 is 1.87. The van der Waals surface area contributed by atoms with E-state index < -0.39 is 0 Å². The van der Waals surface area contributed by atoms with Crippen LogP contribution in [0.2, 0.25) is 0 Å². The van der Waals surface area contributed by atoms with Crippen molar-refractivity contribution in [2.24, 2.45) is 5.92 Å². The average molecular weight is 428 g/mol. The first-order chi connectivity index (χ1) is 15.0. The highest BCUT2D eigenvalue weighted by Gasteiger charge is 2.54. The number of benzene rings is 2. The molecular weight excluding hydrogens is 394 g/mol. The van der Waals surface area contributed by atoms with Crippen molar-refractivity contribution in [3.63, 3.8) is 0 Å². The largest absolute Gasteiger partial charge is 0.398 e. The Kier molecular flexibility index (Phi) is 5.70. The molecule has 2 aliphatic carbocycles. The van der Waals surface area contributed by atoms with Gasteiger partial charge in [0.25, 0.3) is 0 Å². The number of fused-ring (bicyclic) bond motifs is 7. The zero-order valence-corrected chi connectivity index (χ0v) is 20.4. The van der Waals surface area contributed by atoms with Gasteiger partial charge in [0.05, 0.1) is 11.1 Å². The minimum atomic E-state index is -0.303. The maximum atomic E-state index is 6.84. The first-order valence-electron chi connectivity index (χ1n) is 11.5. The highest BCUT2D eigenvalue weighted by Crippen LogP contribution is 2.66. The van der Waals surface area contributed by atoms with Gasteiger partial charge in [0, 0.05) is 15.3 Å². The lowest BCUT2D eigenvalue weighted by Gasteiger charge is -2.32. The number of nitrogen functional groups attached to an aromatic ring is 1. The maximum Gasteiger partial charge on any atom is 0.0751 e. The molecule has 0 radical (unpaired) electrons. The summed E-state index contributed by atoms with van der Waals surface area (Å²) in [6, 6.07) is 17.8. The summed E-state index contributed by atoms with van der Waals surface area (Å²) in [6.07, 6.45) is 5.72. The van der Waals surface area contributed by atoms with E-state index in [4.69, 9.17) is 5.73 Å². The lowest BCUT2D eigenvalue weighted by Crippen LogP contribution is -2.27. The molecule has 1 aromatic heterocycles. The fourth-order valence-electron chi connectivity index (χ4n) is 5.40. The third kappa shape index (κ3) is 2.81. The minimum absolute atomic E-state index is 0.303. The summed E-state index contributed by atoms with van der Waals surface area (Å²) in [5.74, 6) is 0.432. The Labute approximate surface area is 191 Å². The third-order valence-corrected chi connectivity index (χ3v) is 7.65. The molecule has 2 N–H and O–H groups in total. The van der Waals surface area contributed by atoms with Gasteiger partial charge in [-0.15, -0.1) is 11.3 Å². The fraction of sp³-hybridized carbons (Fsp3) is 0.310. The number of aryl methyl sites for hydroxylation is 1. The number of nitrogens with two attached hydrogens (primary N) is 1. The zero-order chi connectivity index (χ0) is 22.3. The molecule has 5 rings (SSSR count). The van der Waals surface area contributed by atoms with Crippen molar-refractivity contribution in [3.05, 3.63) is 92.7 Å². The predicted octanol–water partition coefficient (Wildman–Crippen LogP) is 8.37. The van der Waals surface area contributed by atoms with Gasteiger partial charge in [-0.3, -0.25) is 0 Å². The van der Waals surface area contributed by atoms with Crippen LogP contribution in [0, 0.1) is 12.8 Å². The SMILES string of the molecule is CC.CC/C=C\C1=C(C(C)C)c2sc(C)c(N)c2C12c1ccccc1-c1ccccc12. The minimum Gasteiger partial charge on any atom is -0.398 e. The monoisotopic (exact) mass is 427 g/mol. The number of hydrogen-bond acceptors (Lipinski definition) is 2. The molecule has 3 aromatic rings. The summed E-state index contributed by atoms with van der Waals surface area (Å²) in [5, 5.41) is 0. The zero-order valence-electron chi connectivity index (χ0n) is 19.5. The first-order valence-corrected chi connectivity index (χ1v) is 12.3. The van der Waals surface area contributed by atoms with Crippen LogP contribution in [0.25, 0.3) is 16.7 Å². The Bertz CT molecular complexity index is 1140. The van der Waals surface area contributed by atoms with E-state index >= 15 is 0 Å². The Hall–Kier alpha value is -2.58. The molecule has 160 valence electrons. The van der Waals surface area contributed by atoms with Crippen molar-refractivity contribution < 1.29 is 0 Å². The molecule has 1 heterocycles. The smallest absolute Gasteiger partial charge is 0.0751 e. The van der Waals surface area contributed by atoms with Crippen molar-refractivity contribution in [1.82, 2.24) is 0 Å². The van der Waals surface area contributed by atoms with Crippen LogP contribution < -0.4 is 5.73 Å². The molecule has 31 heavy (non-hydrogen) atoms. The molecule has 1 nitrogen and oxygen atoms in total. The van der Waals surface area contributed by atoms with E-state index in [1.165, 1.54) is 48.7 Å². The van der Waals surface area contributed by atoms with Gasteiger partial charge in [0.15, 0.2) is 0 Å². The second-order valence-electron chi connectivity index (χ2n) is 8.41. The summed E-state index contributed by atoms with van der Waals surface area (Å²) in [6.45, 7) is 13.0. The van der Waals surface area contributed by atoms with Gasteiger partial charge in [-0.1, -0.05) is 95.3 Å². The van der Waals surface area contributed by atoms with E-state index in [1.54, 1.807) is 0 Å². The summed E-state index contributed by atoms with van der Waals surface area (Å²) in [4.78, 5) is 2.62. The van der Waals surface area contributed by atoms with E-state index in [0.29, 0.717) is 5.92 Å². The van der Waals surface area contributed by atoms with E-state index in [0.717, 1.165) is 12.1 Å². The van der Waals surface area contributed by atoms with Crippen LogP contribution in [0.15, 0.2) is 66.3 Å². The van der Waals surface area contributed by atoms with Gasteiger partial charge in [-0.2, -0.15) is 0 Å². The van der Waals surface area contributed by atoms with Crippen molar-refractivity contribution >= 4 is 22.6 Å². The number of rotatable bonds is 3. The molecular formula is C29H33NS. The van der Waals surface area contributed by atoms with E-state index in [2.05, 4.69) is 88.4 Å². The molecule has 0 aliphatic heterocycles. The van der Waals surface area contributed by atoms with Crippen molar-refractivity contribution in [3.8, 4) is 11.1 Å². The Balaban J connectivity index is 0.00000112. The lowest BCUT2D eigenvalue weighted by molar-refractivity contribution is 0.780. The number of anilines is 1. The van der Waals surface area contributed by atoms with Crippen molar-refractivity contribution in [1.29, 1.82) is 0 Å². The number of thiophene rings is 1.